The van der Waals surface area contributed by atoms with Crippen LogP contribution in [-0.2, 0) is 57.4 Å². The summed E-state index contributed by atoms with van der Waals surface area (Å²) in [5.41, 5.74) is 0. The van der Waals surface area contributed by atoms with Crippen LogP contribution in [0.1, 0.15) is 0 Å². The van der Waals surface area contributed by atoms with E-state index < -0.39 is 0 Å². The summed E-state index contributed by atoms with van der Waals surface area (Å²) in [6.07, 6.45) is 0. The van der Waals surface area contributed by atoms with Crippen LogP contribution in [0.3, 0.4) is 0 Å². The molecule has 0 saturated heterocycles. The third-order valence-corrected chi connectivity index (χ3v) is 0. The minimum atomic E-state index is 0. The Balaban J connectivity index is -0.0000000150. The Morgan fingerprint density at radius 2 is 0.727 bits per heavy atom. The van der Waals surface area contributed by atoms with Gasteiger partial charge in [-0.3, -0.25) is 0 Å². The predicted molar refractivity (Wildman–Crippen MR) is 38.9 cm³/mol. The van der Waals surface area contributed by atoms with Crippen molar-refractivity contribution in [3.05, 3.63) is 0 Å². The van der Waals surface area contributed by atoms with Crippen LogP contribution in [0.4, 0.5) is 0 Å². The SMILES string of the molecule is N#C[S-].N#C[S-].N#C[S-].[K+].[Ru+2]. The number of nitrogens with zero attached hydrogens (tertiary/aromatic N) is 3. The van der Waals surface area contributed by atoms with Gasteiger partial charge in [0.05, 0.1) is 0 Å². The van der Waals surface area contributed by atoms with E-state index in [1.807, 2.05) is 0 Å². The smallest absolute Gasteiger partial charge is 0.696 e. The number of nitriles is 3. The van der Waals surface area contributed by atoms with E-state index in [9.17, 15) is 0 Å². The van der Waals surface area contributed by atoms with Crippen molar-refractivity contribution in [2.24, 2.45) is 0 Å². The molecule has 0 radical (unpaired) electrons. The van der Waals surface area contributed by atoms with Gasteiger partial charge in [-0.2, -0.15) is 0 Å². The summed E-state index contributed by atoms with van der Waals surface area (Å²) in [4.78, 5) is 0. The van der Waals surface area contributed by atoms with E-state index in [-0.39, 0.29) is 70.9 Å². The largest absolute Gasteiger partial charge is 2.00 e. The molecule has 0 heterocycles. The Bertz CT molecular complexity index is 117. The van der Waals surface area contributed by atoms with Crippen molar-refractivity contribution < 1.29 is 70.9 Å². The molecular formula is C3KN3RuS3. The molecule has 11 heavy (non-hydrogen) atoms. The summed E-state index contributed by atoms with van der Waals surface area (Å²) in [5.74, 6) is 0. The van der Waals surface area contributed by atoms with E-state index in [0.717, 1.165) is 0 Å². The first-order valence-electron chi connectivity index (χ1n) is 1.28. The molecule has 0 fully saturated rings. The van der Waals surface area contributed by atoms with Gasteiger partial charge in [0.2, 0.25) is 0 Å². The van der Waals surface area contributed by atoms with E-state index in [1.54, 1.807) is 0 Å². The molecule has 0 saturated carbocycles. The van der Waals surface area contributed by atoms with Crippen molar-refractivity contribution in [1.82, 2.24) is 0 Å². The second kappa shape index (κ2) is 63.8. The van der Waals surface area contributed by atoms with Gasteiger partial charge < -0.3 is 37.9 Å². The zero-order valence-corrected chi connectivity index (χ0v) is 12.7. The number of hydrogen-bond donors (Lipinski definition) is 0. The van der Waals surface area contributed by atoms with Crippen LogP contribution in [0.2, 0.25) is 0 Å². The minimum Gasteiger partial charge on any atom is -0.696 e. The van der Waals surface area contributed by atoms with Crippen LogP contribution in [0.15, 0.2) is 0 Å². The van der Waals surface area contributed by atoms with Gasteiger partial charge in [0.15, 0.2) is 0 Å². The molecule has 8 heteroatoms. The zero-order valence-electron chi connectivity index (χ0n) is 5.42. The molecule has 0 aliphatic rings. The molecule has 0 rings (SSSR count). The molecule has 0 aliphatic heterocycles. The molecule has 0 aliphatic carbocycles. The van der Waals surface area contributed by atoms with Gasteiger partial charge in [0.1, 0.15) is 0 Å². The van der Waals surface area contributed by atoms with Gasteiger partial charge in [-0.15, -0.1) is 0 Å². The van der Waals surface area contributed by atoms with E-state index in [0.29, 0.717) is 0 Å². The van der Waals surface area contributed by atoms with Crippen LogP contribution in [-0.4, -0.2) is 0 Å². The van der Waals surface area contributed by atoms with Crippen LogP contribution in [0, 0.1) is 32.0 Å². The van der Waals surface area contributed by atoms with Crippen LogP contribution in [0.25, 0.3) is 0 Å². The van der Waals surface area contributed by atoms with Gasteiger partial charge in [0, 0.05) is 0 Å². The molecule has 0 bridgehead atoms. The topological polar surface area (TPSA) is 71.4 Å². The Hall–Kier alpha value is 1.39. The first-order valence-corrected chi connectivity index (χ1v) is 2.51. The molecule has 0 N–H and O–H groups in total. The fourth-order valence-electron chi connectivity index (χ4n) is 0. The summed E-state index contributed by atoms with van der Waals surface area (Å²) in [5, 5.41) is 25.4. The van der Waals surface area contributed by atoms with E-state index in [2.05, 4.69) is 37.9 Å². The molecule has 0 spiro atoms. The standard InChI is InChI=1S/3CHNS.K.Ru/c3*2-1-3;;/h3*3H;;/q;;;+1;+2/p-3. The molecule has 3 nitrogen and oxygen atoms in total. The Labute approximate surface area is 138 Å². The first-order chi connectivity index (χ1) is 4.24. The number of rotatable bonds is 0. The van der Waals surface area contributed by atoms with Crippen molar-refractivity contribution in [2.45, 2.75) is 0 Å². The van der Waals surface area contributed by atoms with E-state index in [1.165, 1.54) is 16.2 Å². The maximum Gasteiger partial charge on any atom is 2.00 e. The van der Waals surface area contributed by atoms with Crippen molar-refractivity contribution in [3.8, 4) is 16.2 Å². The predicted octanol–water partition coefficient (Wildman–Crippen LogP) is -2.96. The Kier molecular flexibility index (Phi) is 171. The maximum atomic E-state index is 7.13. The maximum absolute atomic E-state index is 7.13. The molecule has 0 aromatic rings. The van der Waals surface area contributed by atoms with E-state index in [4.69, 9.17) is 15.8 Å². The summed E-state index contributed by atoms with van der Waals surface area (Å²) < 4.78 is 0. The summed E-state index contributed by atoms with van der Waals surface area (Å²) in [6.45, 7) is 0. The third-order valence-electron chi connectivity index (χ3n) is 0. The molecule has 54 valence electrons. The van der Waals surface area contributed by atoms with Gasteiger partial charge >= 0.3 is 70.9 Å². The van der Waals surface area contributed by atoms with Crippen molar-refractivity contribution >= 4 is 37.9 Å². The average molecular weight is 314 g/mol. The normalized spacial score (nSPS) is 1.91. The van der Waals surface area contributed by atoms with Gasteiger partial charge in [-0.1, -0.05) is 16.2 Å². The third kappa shape index (κ3) is 520. The summed E-state index contributed by atoms with van der Waals surface area (Å²) >= 11 is 11.1. The summed E-state index contributed by atoms with van der Waals surface area (Å²) in [6, 6.07) is 0. The van der Waals surface area contributed by atoms with Crippen molar-refractivity contribution in [1.29, 1.82) is 15.8 Å². The monoisotopic (exact) mass is 315 g/mol. The zero-order chi connectivity index (χ0) is 8.12. The van der Waals surface area contributed by atoms with Gasteiger partial charge in [0.25, 0.3) is 0 Å². The fraction of sp³-hybridized carbons (Fsp3) is 0. The molecule has 0 aromatic heterocycles. The van der Waals surface area contributed by atoms with Gasteiger partial charge in [-0.05, 0) is 0 Å². The molecule has 0 unspecified atom stereocenters. The van der Waals surface area contributed by atoms with Crippen molar-refractivity contribution in [3.63, 3.8) is 0 Å². The van der Waals surface area contributed by atoms with Gasteiger partial charge in [-0.25, -0.2) is 15.8 Å². The number of thiocyanates is 3. The average Bonchev–Trinajstić information content (AvgIpc) is 1.70. The Morgan fingerprint density at radius 3 is 0.727 bits per heavy atom. The van der Waals surface area contributed by atoms with Crippen LogP contribution >= 0.6 is 0 Å². The Morgan fingerprint density at radius 1 is 0.727 bits per heavy atom. The van der Waals surface area contributed by atoms with E-state index >= 15 is 0 Å². The number of hydrogen-bond acceptors (Lipinski definition) is 6. The second-order valence-corrected chi connectivity index (χ2v) is 0.822. The van der Waals surface area contributed by atoms with Crippen molar-refractivity contribution in [2.75, 3.05) is 0 Å². The molecular weight excluding hydrogens is 314 g/mol. The first kappa shape index (κ1) is 29.4. The molecule has 0 aromatic carbocycles. The molecule has 0 atom stereocenters. The van der Waals surface area contributed by atoms with Crippen LogP contribution < -0.4 is 51.4 Å². The minimum absolute atomic E-state index is 0. The summed E-state index contributed by atoms with van der Waals surface area (Å²) in [7, 11) is 0. The quantitative estimate of drug-likeness (QED) is 0.270. The fourth-order valence-corrected chi connectivity index (χ4v) is 0. The second-order valence-electron chi connectivity index (χ2n) is 0.274. The molecule has 0 amide bonds. The van der Waals surface area contributed by atoms with Crippen LogP contribution in [0.5, 0.6) is 0 Å².